The van der Waals surface area contributed by atoms with Crippen LogP contribution in [0.5, 0.6) is 5.75 Å². The van der Waals surface area contributed by atoms with E-state index in [1.165, 1.54) is 5.56 Å². The third-order valence-electron chi connectivity index (χ3n) is 6.06. The van der Waals surface area contributed by atoms with Gasteiger partial charge in [0.1, 0.15) is 5.75 Å². The SMILES string of the molecule is COc1ccccc1N1CC(C(=O)NCc2cccc(CN3CCOC(C)C3)c2)CC1=O. The lowest BCUT2D eigenvalue weighted by Gasteiger charge is -2.31. The molecule has 2 amide bonds. The minimum Gasteiger partial charge on any atom is -0.495 e. The zero-order valence-corrected chi connectivity index (χ0v) is 18.8. The van der Waals surface area contributed by atoms with E-state index in [4.69, 9.17) is 9.47 Å². The van der Waals surface area contributed by atoms with Gasteiger partial charge in [0.05, 0.1) is 31.4 Å². The first kappa shape index (κ1) is 22.3. The van der Waals surface area contributed by atoms with Gasteiger partial charge in [0.2, 0.25) is 11.8 Å². The number of morpholine rings is 1. The summed E-state index contributed by atoms with van der Waals surface area (Å²) in [5.41, 5.74) is 2.99. The lowest BCUT2D eigenvalue weighted by molar-refractivity contribution is -0.126. The highest BCUT2D eigenvalue weighted by molar-refractivity contribution is 6.01. The summed E-state index contributed by atoms with van der Waals surface area (Å²) in [6.07, 6.45) is 0.467. The van der Waals surface area contributed by atoms with E-state index in [2.05, 4.69) is 29.3 Å². The molecule has 0 aromatic heterocycles. The van der Waals surface area contributed by atoms with Gasteiger partial charge in [-0.15, -0.1) is 0 Å². The van der Waals surface area contributed by atoms with Crippen molar-refractivity contribution in [2.24, 2.45) is 5.92 Å². The molecule has 32 heavy (non-hydrogen) atoms. The highest BCUT2D eigenvalue weighted by atomic mass is 16.5. The summed E-state index contributed by atoms with van der Waals surface area (Å²) in [5, 5.41) is 3.02. The molecule has 2 aromatic carbocycles. The van der Waals surface area contributed by atoms with Gasteiger partial charge in [-0.3, -0.25) is 14.5 Å². The second kappa shape index (κ2) is 10.1. The fourth-order valence-corrected chi connectivity index (χ4v) is 4.43. The Morgan fingerprint density at radius 3 is 2.78 bits per heavy atom. The number of methoxy groups -OCH3 is 1. The summed E-state index contributed by atoms with van der Waals surface area (Å²) >= 11 is 0. The molecule has 2 heterocycles. The predicted octanol–water partition coefficient (Wildman–Crippen LogP) is 2.59. The number of nitrogens with one attached hydrogen (secondary N) is 1. The van der Waals surface area contributed by atoms with Crippen molar-refractivity contribution in [3.63, 3.8) is 0 Å². The standard InChI is InChI=1S/C25H31N3O4/c1-18-15-27(10-11-32-18)16-20-7-5-6-19(12-20)14-26-25(30)21-13-24(29)28(17-21)22-8-3-4-9-23(22)31-2/h3-9,12,18,21H,10-11,13-17H2,1-2H3,(H,26,30). The number of hydrogen-bond acceptors (Lipinski definition) is 5. The van der Waals surface area contributed by atoms with Crippen LogP contribution in [0.25, 0.3) is 0 Å². The highest BCUT2D eigenvalue weighted by Gasteiger charge is 2.36. The van der Waals surface area contributed by atoms with Crippen LogP contribution in [-0.4, -0.2) is 56.2 Å². The summed E-state index contributed by atoms with van der Waals surface area (Å²) in [6.45, 7) is 6.42. The number of para-hydroxylation sites is 2. The van der Waals surface area contributed by atoms with Crippen LogP contribution in [-0.2, 0) is 27.4 Å². The van der Waals surface area contributed by atoms with E-state index < -0.39 is 0 Å². The number of ether oxygens (including phenoxy) is 2. The van der Waals surface area contributed by atoms with Crippen molar-refractivity contribution >= 4 is 17.5 Å². The number of carbonyl (C=O) groups excluding carboxylic acids is 2. The van der Waals surface area contributed by atoms with Gasteiger partial charge in [-0.1, -0.05) is 36.4 Å². The first-order chi connectivity index (χ1) is 15.5. The second-order valence-corrected chi connectivity index (χ2v) is 8.53. The smallest absolute Gasteiger partial charge is 0.227 e. The van der Waals surface area contributed by atoms with Gasteiger partial charge >= 0.3 is 0 Å². The minimum atomic E-state index is -0.370. The van der Waals surface area contributed by atoms with Crippen molar-refractivity contribution in [1.29, 1.82) is 0 Å². The van der Waals surface area contributed by atoms with Crippen LogP contribution in [0.2, 0.25) is 0 Å². The molecule has 0 spiro atoms. The van der Waals surface area contributed by atoms with Crippen LogP contribution in [0.1, 0.15) is 24.5 Å². The van der Waals surface area contributed by atoms with E-state index in [0.29, 0.717) is 24.5 Å². The van der Waals surface area contributed by atoms with Gasteiger partial charge < -0.3 is 19.7 Å². The molecule has 4 rings (SSSR count). The first-order valence-corrected chi connectivity index (χ1v) is 11.2. The number of rotatable bonds is 7. The van der Waals surface area contributed by atoms with Crippen LogP contribution >= 0.6 is 0 Å². The number of carbonyl (C=O) groups is 2. The molecule has 2 atom stereocenters. The van der Waals surface area contributed by atoms with Crippen molar-refractivity contribution in [2.45, 2.75) is 32.5 Å². The number of anilines is 1. The van der Waals surface area contributed by atoms with Gasteiger partial charge in [0, 0.05) is 39.1 Å². The highest BCUT2D eigenvalue weighted by Crippen LogP contribution is 2.32. The lowest BCUT2D eigenvalue weighted by atomic mass is 10.1. The molecule has 2 aliphatic rings. The maximum atomic E-state index is 12.8. The maximum Gasteiger partial charge on any atom is 0.227 e. The lowest BCUT2D eigenvalue weighted by Crippen LogP contribution is -2.40. The molecule has 7 heteroatoms. The Hall–Kier alpha value is -2.90. The van der Waals surface area contributed by atoms with Gasteiger partial charge in [-0.2, -0.15) is 0 Å². The molecular weight excluding hydrogens is 406 g/mol. The molecule has 0 saturated carbocycles. The minimum absolute atomic E-state index is 0.0589. The summed E-state index contributed by atoms with van der Waals surface area (Å²) in [6, 6.07) is 15.7. The zero-order chi connectivity index (χ0) is 22.5. The number of benzene rings is 2. The maximum absolute atomic E-state index is 12.8. The Morgan fingerprint density at radius 2 is 1.97 bits per heavy atom. The monoisotopic (exact) mass is 437 g/mol. The van der Waals surface area contributed by atoms with E-state index in [1.807, 2.05) is 36.4 Å². The predicted molar refractivity (Wildman–Crippen MR) is 122 cm³/mol. The van der Waals surface area contributed by atoms with Gasteiger partial charge in [0.15, 0.2) is 0 Å². The van der Waals surface area contributed by atoms with Crippen molar-refractivity contribution in [2.75, 3.05) is 38.3 Å². The molecule has 2 unspecified atom stereocenters. The second-order valence-electron chi connectivity index (χ2n) is 8.53. The van der Waals surface area contributed by atoms with Gasteiger partial charge in [0.25, 0.3) is 0 Å². The molecule has 1 N–H and O–H groups in total. The molecule has 0 bridgehead atoms. The molecule has 2 aliphatic heterocycles. The average molecular weight is 438 g/mol. The molecule has 2 aromatic rings. The Labute approximate surface area is 189 Å². The van der Waals surface area contributed by atoms with Gasteiger partial charge in [-0.25, -0.2) is 0 Å². The van der Waals surface area contributed by atoms with Crippen LogP contribution in [0, 0.1) is 5.92 Å². The number of nitrogens with zero attached hydrogens (tertiary/aromatic N) is 2. The van der Waals surface area contributed by atoms with Crippen LogP contribution in [0.15, 0.2) is 48.5 Å². The summed E-state index contributed by atoms with van der Waals surface area (Å²) < 4.78 is 11.0. The van der Waals surface area contributed by atoms with E-state index in [1.54, 1.807) is 12.0 Å². The Bertz CT molecular complexity index is 964. The quantitative estimate of drug-likeness (QED) is 0.721. The van der Waals surface area contributed by atoms with Crippen molar-refractivity contribution in [3.8, 4) is 5.75 Å². The fraction of sp³-hybridized carbons (Fsp3) is 0.440. The Kier molecular flexibility index (Phi) is 7.07. The van der Waals surface area contributed by atoms with E-state index in [0.717, 1.165) is 31.8 Å². The average Bonchev–Trinajstić information content (AvgIpc) is 3.19. The van der Waals surface area contributed by atoms with Crippen molar-refractivity contribution in [3.05, 3.63) is 59.7 Å². The largest absolute Gasteiger partial charge is 0.495 e. The van der Waals surface area contributed by atoms with E-state index in [-0.39, 0.29) is 30.3 Å². The van der Waals surface area contributed by atoms with E-state index >= 15 is 0 Å². The van der Waals surface area contributed by atoms with Crippen LogP contribution in [0.3, 0.4) is 0 Å². The Balaban J connectivity index is 1.32. The zero-order valence-electron chi connectivity index (χ0n) is 18.8. The van der Waals surface area contributed by atoms with Crippen molar-refractivity contribution in [1.82, 2.24) is 10.2 Å². The van der Waals surface area contributed by atoms with Crippen molar-refractivity contribution < 1.29 is 19.1 Å². The number of amides is 2. The number of hydrogen-bond donors (Lipinski definition) is 1. The normalized spacial score (nSPS) is 21.6. The van der Waals surface area contributed by atoms with Crippen LogP contribution in [0.4, 0.5) is 5.69 Å². The topological polar surface area (TPSA) is 71.1 Å². The first-order valence-electron chi connectivity index (χ1n) is 11.2. The molecule has 2 saturated heterocycles. The summed E-state index contributed by atoms with van der Waals surface area (Å²) in [4.78, 5) is 29.4. The fourth-order valence-electron chi connectivity index (χ4n) is 4.43. The van der Waals surface area contributed by atoms with E-state index in [9.17, 15) is 9.59 Å². The molecule has 0 aliphatic carbocycles. The molecule has 2 fully saturated rings. The summed E-state index contributed by atoms with van der Waals surface area (Å²) in [5.74, 6) is 0.110. The third kappa shape index (κ3) is 5.29. The van der Waals surface area contributed by atoms with Crippen LogP contribution < -0.4 is 15.0 Å². The molecule has 170 valence electrons. The van der Waals surface area contributed by atoms with Gasteiger partial charge in [-0.05, 0) is 30.2 Å². The third-order valence-corrected chi connectivity index (χ3v) is 6.06. The Morgan fingerprint density at radius 1 is 1.16 bits per heavy atom. The summed E-state index contributed by atoms with van der Waals surface area (Å²) in [7, 11) is 1.58. The molecular formula is C25H31N3O4. The molecule has 7 nitrogen and oxygen atoms in total. The molecule has 0 radical (unpaired) electrons.